The van der Waals surface area contributed by atoms with Gasteiger partial charge in [0, 0.05) is 13.0 Å². The first kappa shape index (κ1) is 21.8. The molecule has 3 aliphatic rings. The number of hydrogen-bond donors (Lipinski definition) is 0. The van der Waals surface area contributed by atoms with Crippen LogP contribution in [0.1, 0.15) is 40.0 Å². The third-order valence-corrected chi connectivity index (χ3v) is 6.98. The number of carbonyl (C=O) groups is 1. The van der Waals surface area contributed by atoms with Gasteiger partial charge in [0.2, 0.25) is 5.88 Å². The minimum atomic E-state index is -0.680. The SMILES string of the molecule is CSc1nc2c3c(nc(Cl)c(F)c3n1)OCC[C@@H]1[C@@H]3CC[C@H](CN21)N3C(=O)OC(C)(C)C. The fourth-order valence-corrected chi connectivity index (χ4v) is 5.51. The number of thioether (sulfide) groups is 1. The molecular weight excluding hydrogens is 457 g/mol. The zero-order valence-corrected chi connectivity index (χ0v) is 20.0. The van der Waals surface area contributed by atoms with Crippen molar-refractivity contribution in [3.05, 3.63) is 11.0 Å². The first-order chi connectivity index (χ1) is 15.2. The largest absolute Gasteiger partial charge is 0.477 e. The van der Waals surface area contributed by atoms with Crippen molar-refractivity contribution in [3.63, 3.8) is 0 Å². The summed E-state index contributed by atoms with van der Waals surface area (Å²) in [5.74, 6) is 0.151. The zero-order chi connectivity index (χ0) is 22.8. The molecule has 0 unspecified atom stereocenters. The average molecular weight is 482 g/mol. The summed E-state index contributed by atoms with van der Waals surface area (Å²) in [6, 6.07) is -0.0923. The molecule has 5 rings (SSSR count). The van der Waals surface area contributed by atoms with Crippen LogP contribution in [0.5, 0.6) is 5.88 Å². The smallest absolute Gasteiger partial charge is 0.410 e. The van der Waals surface area contributed by atoms with E-state index in [1.54, 1.807) is 0 Å². The first-order valence-electron chi connectivity index (χ1n) is 10.7. The van der Waals surface area contributed by atoms with E-state index in [1.165, 1.54) is 11.8 Å². The molecule has 2 fully saturated rings. The number of rotatable bonds is 1. The minimum Gasteiger partial charge on any atom is -0.477 e. The van der Waals surface area contributed by atoms with Crippen LogP contribution >= 0.6 is 23.4 Å². The van der Waals surface area contributed by atoms with Crippen molar-refractivity contribution < 1.29 is 18.7 Å². The van der Waals surface area contributed by atoms with Crippen LogP contribution in [0, 0.1) is 5.82 Å². The Morgan fingerprint density at radius 2 is 2.00 bits per heavy atom. The van der Waals surface area contributed by atoms with E-state index in [4.69, 9.17) is 26.1 Å². The van der Waals surface area contributed by atoms with Crippen LogP contribution in [-0.4, -0.2) is 69.1 Å². The monoisotopic (exact) mass is 481 g/mol. The fraction of sp³-hybridized carbons (Fsp3) is 0.619. The topological polar surface area (TPSA) is 80.7 Å². The van der Waals surface area contributed by atoms with Crippen LogP contribution in [-0.2, 0) is 4.74 Å². The molecule has 2 aromatic heterocycles. The van der Waals surface area contributed by atoms with Gasteiger partial charge in [-0.3, -0.25) is 4.90 Å². The van der Waals surface area contributed by atoms with E-state index < -0.39 is 11.4 Å². The summed E-state index contributed by atoms with van der Waals surface area (Å²) in [5.41, 5.74) is -0.456. The van der Waals surface area contributed by atoms with Crippen molar-refractivity contribution in [3.8, 4) is 5.88 Å². The van der Waals surface area contributed by atoms with Gasteiger partial charge in [-0.25, -0.2) is 19.2 Å². The number of amides is 1. The van der Waals surface area contributed by atoms with E-state index in [9.17, 15) is 9.18 Å². The highest BCUT2D eigenvalue weighted by Gasteiger charge is 2.50. The molecule has 0 aliphatic carbocycles. The van der Waals surface area contributed by atoms with Crippen LogP contribution in [0.4, 0.5) is 15.0 Å². The lowest BCUT2D eigenvalue weighted by molar-refractivity contribution is 0.00637. The Hall–Kier alpha value is -2.07. The number of nitrogens with zero attached hydrogens (tertiary/aromatic N) is 5. The third kappa shape index (κ3) is 3.51. The number of anilines is 1. The summed E-state index contributed by atoms with van der Waals surface area (Å²) in [7, 11) is 0. The Morgan fingerprint density at radius 3 is 2.72 bits per heavy atom. The van der Waals surface area contributed by atoms with E-state index in [0.29, 0.717) is 35.9 Å². The predicted octanol–water partition coefficient (Wildman–Crippen LogP) is 4.28. The maximum atomic E-state index is 14.9. The van der Waals surface area contributed by atoms with E-state index in [0.717, 1.165) is 12.8 Å². The Labute approximate surface area is 194 Å². The Balaban J connectivity index is 1.62. The second-order valence-corrected chi connectivity index (χ2v) is 10.5. The predicted molar refractivity (Wildman–Crippen MR) is 120 cm³/mol. The molecule has 2 aromatic rings. The Bertz CT molecular complexity index is 1100. The normalized spacial score (nSPS) is 24.6. The lowest BCUT2D eigenvalue weighted by Gasteiger charge is -2.48. The van der Waals surface area contributed by atoms with Crippen LogP contribution in [0.2, 0.25) is 5.15 Å². The summed E-state index contributed by atoms with van der Waals surface area (Å²) >= 11 is 7.37. The highest BCUT2D eigenvalue weighted by atomic mass is 35.5. The molecule has 3 aliphatic heterocycles. The number of carbonyl (C=O) groups excluding carboxylic acids is 1. The number of pyridine rings is 1. The molecule has 172 valence electrons. The van der Waals surface area contributed by atoms with E-state index in [-0.39, 0.29) is 40.8 Å². The van der Waals surface area contributed by atoms with Gasteiger partial charge in [-0.1, -0.05) is 23.4 Å². The van der Waals surface area contributed by atoms with Gasteiger partial charge in [0.05, 0.1) is 24.7 Å². The van der Waals surface area contributed by atoms with Crippen LogP contribution < -0.4 is 9.64 Å². The maximum Gasteiger partial charge on any atom is 0.410 e. The number of ether oxygens (including phenoxy) is 2. The molecule has 11 heteroatoms. The zero-order valence-electron chi connectivity index (χ0n) is 18.4. The Morgan fingerprint density at radius 1 is 1.22 bits per heavy atom. The molecule has 2 bridgehead atoms. The lowest BCUT2D eigenvalue weighted by atomic mass is 9.99. The quantitative estimate of drug-likeness (QED) is 0.339. The molecule has 5 heterocycles. The molecule has 2 saturated heterocycles. The van der Waals surface area contributed by atoms with Gasteiger partial charge in [0.25, 0.3) is 0 Å². The van der Waals surface area contributed by atoms with Gasteiger partial charge >= 0.3 is 6.09 Å². The van der Waals surface area contributed by atoms with Crippen molar-refractivity contribution in [2.24, 2.45) is 0 Å². The molecule has 1 amide bonds. The van der Waals surface area contributed by atoms with Crippen LogP contribution in [0.25, 0.3) is 10.9 Å². The van der Waals surface area contributed by atoms with Crippen molar-refractivity contribution in [1.29, 1.82) is 0 Å². The highest BCUT2D eigenvalue weighted by molar-refractivity contribution is 7.98. The standard InChI is InChI=1S/C21H25ClFN5O3S/c1-21(2,3)31-20(29)28-10-5-6-12(28)11-7-8-30-18-13-15(14(23)16(22)25-18)24-19(32-4)26-17(13)27(11)9-10/h10-12H,5-9H2,1-4H3/t10-,11-,12+/m1/s1. The van der Waals surface area contributed by atoms with Crippen LogP contribution in [0.15, 0.2) is 5.16 Å². The molecule has 3 atom stereocenters. The summed E-state index contributed by atoms with van der Waals surface area (Å²) in [5, 5.41) is 0.608. The summed E-state index contributed by atoms with van der Waals surface area (Å²) in [4.78, 5) is 30.4. The van der Waals surface area contributed by atoms with Gasteiger partial charge in [-0.05, 0) is 39.9 Å². The number of hydrogen-bond acceptors (Lipinski definition) is 8. The second-order valence-electron chi connectivity index (χ2n) is 9.32. The Kier molecular flexibility index (Phi) is 5.28. The second kappa shape index (κ2) is 7.76. The highest BCUT2D eigenvalue weighted by Crippen LogP contribution is 2.44. The lowest BCUT2D eigenvalue weighted by Crippen LogP contribution is -2.62. The van der Waals surface area contributed by atoms with E-state index in [2.05, 4.69) is 14.9 Å². The minimum absolute atomic E-state index is 0.0113. The summed E-state index contributed by atoms with van der Waals surface area (Å²) in [6.07, 6.45) is 3.96. The first-order valence-corrected chi connectivity index (χ1v) is 12.3. The molecular formula is C21H25ClFN5O3S. The molecule has 0 N–H and O–H groups in total. The van der Waals surface area contributed by atoms with Gasteiger partial charge < -0.3 is 14.4 Å². The molecule has 0 radical (unpaired) electrons. The number of fused-ring (bicyclic) bond motifs is 5. The van der Waals surface area contributed by atoms with Crippen molar-refractivity contribution in [2.45, 2.75) is 68.9 Å². The van der Waals surface area contributed by atoms with Crippen molar-refractivity contribution >= 4 is 46.2 Å². The number of aromatic nitrogens is 3. The van der Waals surface area contributed by atoms with Gasteiger partial charge in [0.1, 0.15) is 22.3 Å². The van der Waals surface area contributed by atoms with Gasteiger partial charge in [-0.2, -0.15) is 4.98 Å². The number of piperazine rings is 1. The van der Waals surface area contributed by atoms with E-state index in [1.807, 2.05) is 31.9 Å². The third-order valence-electron chi connectivity index (χ3n) is 6.18. The molecule has 0 aromatic carbocycles. The van der Waals surface area contributed by atoms with Crippen LogP contribution in [0.3, 0.4) is 0 Å². The fourth-order valence-electron chi connectivity index (χ4n) is 4.99. The van der Waals surface area contributed by atoms with Gasteiger partial charge in [-0.15, -0.1) is 0 Å². The molecule has 0 saturated carbocycles. The van der Waals surface area contributed by atoms with Crippen molar-refractivity contribution in [2.75, 3.05) is 24.3 Å². The molecule has 0 spiro atoms. The molecule has 8 nitrogen and oxygen atoms in total. The maximum absolute atomic E-state index is 14.9. The summed E-state index contributed by atoms with van der Waals surface area (Å²) < 4.78 is 26.6. The van der Waals surface area contributed by atoms with E-state index >= 15 is 0 Å². The number of halogens is 2. The van der Waals surface area contributed by atoms with Crippen molar-refractivity contribution in [1.82, 2.24) is 19.9 Å². The van der Waals surface area contributed by atoms with Gasteiger partial charge in [0.15, 0.2) is 16.1 Å². The average Bonchev–Trinajstić information content (AvgIpc) is 3.05. The molecule has 32 heavy (non-hydrogen) atoms. The summed E-state index contributed by atoms with van der Waals surface area (Å²) in [6.45, 7) is 6.55.